The van der Waals surface area contributed by atoms with Crippen LogP contribution in [0.4, 0.5) is 4.39 Å². The monoisotopic (exact) mass is 133 g/mol. The molecule has 1 rings (SSSR count). The van der Waals surface area contributed by atoms with Gasteiger partial charge in [-0.1, -0.05) is 6.92 Å². The van der Waals surface area contributed by atoms with Gasteiger partial charge in [-0.2, -0.15) is 0 Å². The first kappa shape index (κ1) is 6.96. The van der Waals surface area contributed by atoms with Gasteiger partial charge in [-0.25, -0.2) is 4.39 Å². The molecule has 1 heterocycles. The molecule has 1 saturated heterocycles. The predicted octanol–water partition coefficient (Wildman–Crippen LogP) is 0.333. The average Bonchev–Trinajstić information content (AvgIpc) is 2.18. The predicted molar refractivity (Wildman–Crippen MR) is 33.2 cm³/mol. The number of hydrogen-bond acceptors (Lipinski definition) is 2. The Balaban J connectivity index is 2.22. The highest BCUT2D eigenvalue weighted by atomic mass is 19.1. The smallest absolute Gasteiger partial charge is 0.141 e. The van der Waals surface area contributed by atoms with Crippen molar-refractivity contribution in [2.45, 2.75) is 19.1 Å². The van der Waals surface area contributed by atoms with Crippen LogP contribution in [0.25, 0.3) is 0 Å². The van der Waals surface area contributed by atoms with Crippen molar-refractivity contribution in [2.24, 2.45) is 0 Å². The topological polar surface area (TPSA) is 21.3 Å². The third-order valence-electron chi connectivity index (χ3n) is 1.48. The minimum atomic E-state index is -0.801. The molecule has 0 aromatic rings. The molecule has 0 aromatic heterocycles. The van der Waals surface area contributed by atoms with Crippen LogP contribution in [0.1, 0.15) is 6.92 Å². The highest BCUT2D eigenvalue weighted by Crippen LogP contribution is 2.08. The molecule has 0 spiro atoms. The Bertz CT molecular complexity index is 89.1. The lowest BCUT2D eigenvalue weighted by atomic mass is 10.2. The van der Waals surface area contributed by atoms with Gasteiger partial charge in [0.1, 0.15) is 6.17 Å². The molecule has 0 amide bonds. The molecule has 1 aliphatic heterocycles. The largest absolute Gasteiger partial charge is 0.377 e. The maximum atomic E-state index is 12.6. The van der Waals surface area contributed by atoms with Gasteiger partial charge < -0.3 is 10.1 Å². The van der Waals surface area contributed by atoms with Gasteiger partial charge in [0.25, 0.3) is 0 Å². The molecule has 0 bridgehead atoms. The fraction of sp³-hybridized carbons (Fsp3) is 1.00. The van der Waals surface area contributed by atoms with Gasteiger partial charge in [0.2, 0.25) is 0 Å². The van der Waals surface area contributed by atoms with Crippen molar-refractivity contribution in [3.8, 4) is 0 Å². The lowest BCUT2D eigenvalue weighted by Gasteiger charge is -2.09. The quantitative estimate of drug-likeness (QED) is 0.586. The first-order valence-electron chi connectivity index (χ1n) is 3.29. The molecular weight excluding hydrogens is 121 g/mol. The van der Waals surface area contributed by atoms with E-state index < -0.39 is 6.17 Å². The summed E-state index contributed by atoms with van der Waals surface area (Å²) in [7, 11) is 0. The van der Waals surface area contributed by atoms with Gasteiger partial charge in [-0.05, 0) is 6.54 Å². The van der Waals surface area contributed by atoms with Crippen molar-refractivity contribution in [1.29, 1.82) is 0 Å². The second-order valence-corrected chi connectivity index (χ2v) is 2.22. The zero-order valence-electron chi connectivity index (χ0n) is 5.56. The standard InChI is InChI=1S/C6H12FNO/c1-2-8-6-4-9-3-5(6)7/h5-6,8H,2-4H2,1H3/t5-,6+/m0/s1. The summed E-state index contributed by atoms with van der Waals surface area (Å²) in [5.41, 5.74) is 0. The Morgan fingerprint density at radius 1 is 1.67 bits per heavy atom. The van der Waals surface area contributed by atoms with E-state index in [0.29, 0.717) is 6.61 Å². The molecule has 0 aromatic carbocycles. The van der Waals surface area contributed by atoms with Crippen molar-refractivity contribution < 1.29 is 9.13 Å². The number of halogens is 1. The van der Waals surface area contributed by atoms with Crippen LogP contribution in [0, 0.1) is 0 Å². The van der Waals surface area contributed by atoms with Crippen LogP contribution >= 0.6 is 0 Å². The molecule has 2 nitrogen and oxygen atoms in total. The van der Waals surface area contributed by atoms with Gasteiger partial charge in [0, 0.05) is 0 Å². The third kappa shape index (κ3) is 1.63. The molecule has 0 radical (unpaired) electrons. The highest BCUT2D eigenvalue weighted by molar-refractivity contribution is 4.79. The van der Waals surface area contributed by atoms with Crippen LogP contribution in [0.15, 0.2) is 0 Å². The second-order valence-electron chi connectivity index (χ2n) is 2.22. The van der Waals surface area contributed by atoms with E-state index in [1.807, 2.05) is 6.92 Å². The number of likely N-dealkylation sites (N-methyl/N-ethyl adjacent to an activating group) is 1. The molecule has 1 aliphatic rings. The molecule has 2 atom stereocenters. The summed E-state index contributed by atoms with van der Waals surface area (Å²) in [6.45, 7) is 3.56. The van der Waals surface area contributed by atoms with Crippen molar-refractivity contribution in [1.82, 2.24) is 5.32 Å². The Hall–Kier alpha value is -0.150. The van der Waals surface area contributed by atoms with Crippen molar-refractivity contribution in [3.05, 3.63) is 0 Å². The Morgan fingerprint density at radius 3 is 2.89 bits per heavy atom. The molecule has 1 fully saturated rings. The Morgan fingerprint density at radius 2 is 2.44 bits per heavy atom. The van der Waals surface area contributed by atoms with Gasteiger partial charge in [0.15, 0.2) is 0 Å². The zero-order chi connectivity index (χ0) is 6.69. The molecular formula is C6H12FNO. The molecule has 9 heavy (non-hydrogen) atoms. The summed E-state index contributed by atoms with van der Waals surface area (Å²) in [6, 6.07) is -0.0602. The van der Waals surface area contributed by atoms with E-state index in [4.69, 9.17) is 4.74 Å². The molecule has 3 heteroatoms. The first-order chi connectivity index (χ1) is 4.34. The van der Waals surface area contributed by atoms with Crippen LogP contribution < -0.4 is 5.32 Å². The third-order valence-corrected chi connectivity index (χ3v) is 1.48. The summed E-state index contributed by atoms with van der Waals surface area (Å²) < 4.78 is 17.5. The maximum absolute atomic E-state index is 12.6. The van der Waals surface area contributed by atoms with Crippen LogP contribution in [-0.2, 0) is 4.74 Å². The molecule has 0 aliphatic carbocycles. The zero-order valence-corrected chi connectivity index (χ0v) is 5.56. The minimum Gasteiger partial charge on any atom is -0.377 e. The second kappa shape index (κ2) is 3.13. The summed E-state index contributed by atoms with van der Waals surface area (Å²) in [5, 5.41) is 2.99. The minimum absolute atomic E-state index is 0.0602. The molecule has 0 unspecified atom stereocenters. The van der Waals surface area contributed by atoms with Crippen LogP contribution in [0.5, 0.6) is 0 Å². The SMILES string of the molecule is CCN[C@@H]1COC[C@@H]1F. The maximum Gasteiger partial charge on any atom is 0.141 e. The van der Waals surface area contributed by atoms with Gasteiger partial charge in [-0.3, -0.25) is 0 Å². The van der Waals surface area contributed by atoms with E-state index in [9.17, 15) is 4.39 Å². The van der Waals surface area contributed by atoms with Crippen molar-refractivity contribution in [2.75, 3.05) is 19.8 Å². The van der Waals surface area contributed by atoms with Crippen molar-refractivity contribution >= 4 is 0 Å². The normalized spacial score (nSPS) is 35.3. The lowest BCUT2D eigenvalue weighted by Crippen LogP contribution is -2.36. The highest BCUT2D eigenvalue weighted by Gasteiger charge is 2.26. The average molecular weight is 133 g/mol. The van der Waals surface area contributed by atoms with Crippen molar-refractivity contribution in [3.63, 3.8) is 0 Å². The van der Waals surface area contributed by atoms with E-state index in [1.54, 1.807) is 0 Å². The molecule has 54 valence electrons. The number of hydrogen-bond donors (Lipinski definition) is 1. The molecule has 0 saturated carbocycles. The van der Waals surface area contributed by atoms with Crippen LogP contribution in [0.2, 0.25) is 0 Å². The van der Waals surface area contributed by atoms with E-state index >= 15 is 0 Å². The fourth-order valence-electron chi connectivity index (χ4n) is 0.977. The number of ether oxygens (including phenoxy) is 1. The number of alkyl halides is 1. The van der Waals surface area contributed by atoms with E-state index in [1.165, 1.54) is 0 Å². The molecule has 1 N–H and O–H groups in total. The lowest BCUT2D eigenvalue weighted by molar-refractivity contribution is 0.172. The van der Waals surface area contributed by atoms with Gasteiger partial charge in [0.05, 0.1) is 19.3 Å². The van der Waals surface area contributed by atoms with Crippen LogP contribution in [0.3, 0.4) is 0 Å². The van der Waals surface area contributed by atoms with E-state index in [0.717, 1.165) is 6.54 Å². The van der Waals surface area contributed by atoms with Gasteiger partial charge in [-0.15, -0.1) is 0 Å². The van der Waals surface area contributed by atoms with Gasteiger partial charge >= 0.3 is 0 Å². The summed E-state index contributed by atoms with van der Waals surface area (Å²) >= 11 is 0. The number of nitrogens with one attached hydrogen (secondary N) is 1. The summed E-state index contributed by atoms with van der Waals surface area (Å²) in [6.07, 6.45) is -0.801. The van der Waals surface area contributed by atoms with E-state index in [2.05, 4.69) is 5.32 Å². The summed E-state index contributed by atoms with van der Waals surface area (Å²) in [5.74, 6) is 0. The van der Waals surface area contributed by atoms with E-state index in [-0.39, 0.29) is 12.6 Å². The number of rotatable bonds is 2. The summed E-state index contributed by atoms with van der Waals surface area (Å²) in [4.78, 5) is 0. The van der Waals surface area contributed by atoms with Crippen LogP contribution in [-0.4, -0.2) is 32.0 Å². The Labute approximate surface area is 54.4 Å². The first-order valence-corrected chi connectivity index (χ1v) is 3.29. The fourth-order valence-corrected chi connectivity index (χ4v) is 0.977. The Kier molecular flexibility index (Phi) is 2.42.